The Morgan fingerprint density at radius 3 is 2.81 bits per heavy atom. The molecule has 0 unspecified atom stereocenters. The van der Waals surface area contributed by atoms with Crippen LogP contribution < -0.4 is 10.5 Å². The third-order valence-corrected chi connectivity index (χ3v) is 4.63. The zero-order chi connectivity index (χ0) is 15.3. The van der Waals surface area contributed by atoms with Crippen LogP contribution in [0.25, 0.3) is 0 Å². The van der Waals surface area contributed by atoms with Gasteiger partial charge in [0.15, 0.2) is 0 Å². The molecule has 1 aromatic heterocycles. The van der Waals surface area contributed by atoms with Gasteiger partial charge in [-0.1, -0.05) is 11.3 Å². The summed E-state index contributed by atoms with van der Waals surface area (Å²) < 4.78 is 28.6. The lowest BCUT2D eigenvalue weighted by molar-refractivity contribution is 0.542. The molecule has 3 N–H and O–H groups in total. The summed E-state index contributed by atoms with van der Waals surface area (Å²) in [5, 5.41) is 7.50. The van der Waals surface area contributed by atoms with E-state index in [0.717, 1.165) is 11.1 Å². The second-order valence-electron chi connectivity index (χ2n) is 4.71. The van der Waals surface area contributed by atoms with Gasteiger partial charge in [0.25, 0.3) is 0 Å². The number of aromatic nitrogens is 3. The third kappa shape index (κ3) is 4.10. The summed E-state index contributed by atoms with van der Waals surface area (Å²) in [5.41, 5.74) is 7.40. The molecule has 2 rings (SSSR count). The number of benzene rings is 1. The van der Waals surface area contributed by atoms with Crippen molar-refractivity contribution < 1.29 is 8.42 Å². The fraction of sp³-hybridized carbons (Fsp3) is 0.385. The number of hydrogen-bond acceptors (Lipinski definition) is 5. The molecule has 8 heteroatoms. The molecule has 2 aromatic rings. The quantitative estimate of drug-likeness (QED) is 0.721. The Kier molecular flexibility index (Phi) is 5.05. The molecule has 0 radical (unpaired) electrons. The predicted octanol–water partition coefficient (Wildman–Crippen LogP) is 0.414. The van der Waals surface area contributed by atoms with Gasteiger partial charge in [0.1, 0.15) is 0 Å². The van der Waals surface area contributed by atoms with Gasteiger partial charge in [-0.3, -0.25) is 4.68 Å². The topological polar surface area (TPSA) is 103 Å². The lowest BCUT2D eigenvalue weighted by Gasteiger charge is -2.09. The first-order valence-electron chi connectivity index (χ1n) is 6.66. The van der Waals surface area contributed by atoms with Crippen molar-refractivity contribution in [3.05, 3.63) is 41.7 Å². The van der Waals surface area contributed by atoms with E-state index in [0.29, 0.717) is 26.1 Å². The number of nitrogens with one attached hydrogen (secondary N) is 1. The van der Waals surface area contributed by atoms with E-state index >= 15 is 0 Å². The summed E-state index contributed by atoms with van der Waals surface area (Å²) in [6.45, 7) is 3.22. The van der Waals surface area contributed by atoms with Crippen molar-refractivity contribution in [2.45, 2.75) is 31.3 Å². The van der Waals surface area contributed by atoms with Crippen LogP contribution in [0.3, 0.4) is 0 Å². The van der Waals surface area contributed by atoms with Gasteiger partial charge in [-0.15, -0.1) is 5.10 Å². The van der Waals surface area contributed by atoms with Gasteiger partial charge < -0.3 is 5.73 Å². The zero-order valence-corrected chi connectivity index (χ0v) is 12.7. The fourth-order valence-electron chi connectivity index (χ4n) is 1.95. The first-order chi connectivity index (χ1) is 10.0. The van der Waals surface area contributed by atoms with Crippen molar-refractivity contribution in [2.24, 2.45) is 5.73 Å². The van der Waals surface area contributed by atoms with Crippen LogP contribution in [0.4, 0.5) is 0 Å². The van der Waals surface area contributed by atoms with E-state index in [-0.39, 0.29) is 4.90 Å². The molecule has 114 valence electrons. The van der Waals surface area contributed by atoms with Crippen molar-refractivity contribution in [3.63, 3.8) is 0 Å². The van der Waals surface area contributed by atoms with E-state index in [2.05, 4.69) is 15.0 Å². The minimum absolute atomic E-state index is 0.262. The average Bonchev–Trinajstić information content (AvgIpc) is 2.97. The summed E-state index contributed by atoms with van der Waals surface area (Å²) in [6, 6.07) is 4.97. The van der Waals surface area contributed by atoms with Gasteiger partial charge in [0, 0.05) is 25.8 Å². The van der Waals surface area contributed by atoms with Gasteiger partial charge in [0.05, 0.1) is 11.1 Å². The van der Waals surface area contributed by atoms with Crippen LogP contribution in [-0.4, -0.2) is 30.0 Å². The maximum absolute atomic E-state index is 12.2. The van der Waals surface area contributed by atoms with Gasteiger partial charge in [-0.2, -0.15) is 0 Å². The van der Waals surface area contributed by atoms with Gasteiger partial charge in [0.2, 0.25) is 10.0 Å². The van der Waals surface area contributed by atoms with E-state index in [1.54, 1.807) is 35.3 Å². The van der Waals surface area contributed by atoms with Gasteiger partial charge in [-0.25, -0.2) is 13.1 Å². The minimum atomic E-state index is -3.48. The molecular formula is C13H19N5O2S. The molecule has 21 heavy (non-hydrogen) atoms. The highest BCUT2D eigenvalue weighted by Crippen LogP contribution is 2.15. The Morgan fingerprint density at radius 2 is 2.19 bits per heavy atom. The lowest BCUT2D eigenvalue weighted by Crippen LogP contribution is -2.25. The fourth-order valence-corrected chi connectivity index (χ4v) is 3.11. The van der Waals surface area contributed by atoms with E-state index in [9.17, 15) is 8.42 Å². The van der Waals surface area contributed by atoms with Crippen molar-refractivity contribution in [3.8, 4) is 0 Å². The van der Waals surface area contributed by atoms with Crippen molar-refractivity contribution in [1.29, 1.82) is 0 Å². The molecular weight excluding hydrogens is 290 g/mol. The van der Waals surface area contributed by atoms with E-state index in [4.69, 9.17) is 5.73 Å². The highest BCUT2D eigenvalue weighted by molar-refractivity contribution is 7.89. The van der Waals surface area contributed by atoms with Crippen molar-refractivity contribution in [2.75, 3.05) is 6.54 Å². The SMILES string of the molecule is Cc1cc(S(=O)(=O)NCCCn2ccnn2)ccc1CN. The second-order valence-corrected chi connectivity index (χ2v) is 6.48. The Hall–Kier alpha value is -1.77. The first kappa shape index (κ1) is 15.6. The highest BCUT2D eigenvalue weighted by atomic mass is 32.2. The molecule has 0 saturated heterocycles. The molecule has 7 nitrogen and oxygen atoms in total. The van der Waals surface area contributed by atoms with Crippen LogP contribution in [-0.2, 0) is 23.1 Å². The van der Waals surface area contributed by atoms with Crippen LogP contribution in [0.1, 0.15) is 17.5 Å². The molecule has 0 atom stereocenters. The largest absolute Gasteiger partial charge is 0.326 e. The molecule has 0 aliphatic rings. The lowest BCUT2D eigenvalue weighted by atomic mass is 10.1. The number of hydrogen-bond donors (Lipinski definition) is 2. The molecule has 0 spiro atoms. The molecule has 1 aromatic carbocycles. The molecule has 0 aliphatic heterocycles. The number of nitrogens with two attached hydrogens (primary N) is 1. The summed E-state index contributed by atoms with van der Waals surface area (Å²) in [5.74, 6) is 0. The molecule has 0 saturated carbocycles. The highest BCUT2D eigenvalue weighted by Gasteiger charge is 2.14. The van der Waals surface area contributed by atoms with E-state index < -0.39 is 10.0 Å². The summed E-state index contributed by atoms with van der Waals surface area (Å²) in [4.78, 5) is 0.262. The maximum Gasteiger partial charge on any atom is 0.240 e. The number of nitrogens with zero attached hydrogens (tertiary/aromatic N) is 3. The predicted molar refractivity (Wildman–Crippen MR) is 78.9 cm³/mol. The minimum Gasteiger partial charge on any atom is -0.326 e. The van der Waals surface area contributed by atoms with Crippen LogP contribution in [0.15, 0.2) is 35.5 Å². The molecule has 0 bridgehead atoms. The smallest absolute Gasteiger partial charge is 0.240 e. The van der Waals surface area contributed by atoms with Crippen molar-refractivity contribution in [1.82, 2.24) is 19.7 Å². The summed E-state index contributed by atoms with van der Waals surface area (Å²) in [6.07, 6.45) is 3.97. The first-order valence-corrected chi connectivity index (χ1v) is 8.14. The maximum atomic E-state index is 12.2. The molecule has 0 amide bonds. The molecule has 1 heterocycles. The monoisotopic (exact) mass is 309 g/mol. The Bertz CT molecular complexity index is 683. The van der Waals surface area contributed by atoms with Crippen LogP contribution in [0.2, 0.25) is 0 Å². The number of rotatable bonds is 7. The Balaban J connectivity index is 1.93. The Labute approximate surface area is 124 Å². The molecule has 0 fully saturated rings. The van der Waals surface area contributed by atoms with Gasteiger partial charge in [-0.05, 0) is 36.6 Å². The average molecular weight is 309 g/mol. The van der Waals surface area contributed by atoms with Crippen LogP contribution >= 0.6 is 0 Å². The van der Waals surface area contributed by atoms with Crippen LogP contribution in [0.5, 0.6) is 0 Å². The number of sulfonamides is 1. The number of aryl methyl sites for hydroxylation is 2. The van der Waals surface area contributed by atoms with E-state index in [1.165, 1.54) is 0 Å². The second kappa shape index (κ2) is 6.79. The standard InChI is InChI=1S/C13H19N5O2S/c1-11-9-13(4-3-12(11)10-14)21(19,20)16-5-2-7-18-8-6-15-17-18/h3-4,6,8-9,16H,2,5,7,10,14H2,1H3. The van der Waals surface area contributed by atoms with Crippen LogP contribution in [0, 0.1) is 6.92 Å². The summed E-state index contributed by atoms with van der Waals surface area (Å²) >= 11 is 0. The summed E-state index contributed by atoms with van der Waals surface area (Å²) in [7, 11) is -3.48. The van der Waals surface area contributed by atoms with Gasteiger partial charge >= 0.3 is 0 Å². The normalized spacial score (nSPS) is 11.7. The van der Waals surface area contributed by atoms with E-state index in [1.807, 2.05) is 6.92 Å². The Morgan fingerprint density at radius 1 is 1.38 bits per heavy atom. The molecule has 0 aliphatic carbocycles. The third-order valence-electron chi connectivity index (χ3n) is 3.17. The zero-order valence-electron chi connectivity index (χ0n) is 11.9. The van der Waals surface area contributed by atoms with Crippen molar-refractivity contribution >= 4 is 10.0 Å².